The fourth-order valence-corrected chi connectivity index (χ4v) is 4.77. The highest BCUT2D eigenvalue weighted by Gasteiger charge is 2.27. The van der Waals surface area contributed by atoms with Gasteiger partial charge in [0.25, 0.3) is 5.91 Å². The number of piperazine rings is 1. The van der Waals surface area contributed by atoms with E-state index in [1.54, 1.807) is 47.4 Å². The van der Waals surface area contributed by atoms with E-state index >= 15 is 0 Å². The van der Waals surface area contributed by atoms with Gasteiger partial charge in [-0.15, -0.1) is 0 Å². The predicted octanol–water partition coefficient (Wildman–Crippen LogP) is 4.99. The fraction of sp³-hybridized carbons (Fsp3) is 0.300. The van der Waals surface area contributed by atoms with Gasteiger partial charge in [0, 0.05) is 50.0 Å². The van der Waals surface area contributed by atoms with Crippen LogP contribution in [-0.2, 0) is 11.3 Å². The molecule has 0 atom stereocenters. The molecule has 0 bridgehead atoms. The first kappa shape index (κ1) is 27.1. The van der Waals surface area contributed by atoms with Gasteiger partial charge in [-0.2, -0.15) is 0 Å². The number of hydrogen-bond acceptors (Lipinski definition) is 4. The molecule has 2 aliphatic rings. The third kappa shape index (κ3) is 6.39. The smallest absolute Gasteiger partial charge is 0.322 e. The van der Waals surface area contributed by atoms with Gasteiger partial charge in [0.15, 0.2) is 0 Å². The van der Waals surface area contributed by atoms with Crippen LogP contribution in [0.5, 0.6) is 0 Å². The van der Waals surface area contributed by atoms with Crippen LogP contribution in [0.25, 0.3) is 0 Å². The molecule has 3 aromatic rings. The van der Waals surface area contributed by atoms with Crippen LogP contribution in [0.4, 0.5) is 30.6 Å². The molecule has 0 aromatic heterocycles. The summed E-state index contributed by atoms with van der Waals surface area (Å²) in [6.45, 7) is 1.86. The Balaban J connectivity index is 1.28. The molecule has 3 N–H and O–H groups in total. The Morgan fingerprint density at radius 3 is 2.25 bits per heavy atom. The maximum Gasteiger partial charge on any atom is 0.322 e. The SMILES string of the molecule is O=C(NCc1ccc(F)cc1)c1cc(NC(=O)C2CCC2)ccc1N1CCN(C(=O)Nc2ccccc2F)CC1. The summed E-state index contributed by atoms with van der Waals surface area (Å²) in [5, 5.41) is 8.43. The largest absolute Gasteiger partial charge is 0.367 e. The summed E-state index contributed by atoms with van der Waals surface area (Å²) < 4.78 is 27.2. The summed E-state index contributed by atoms with van der Waals surface area (Å²) in [6.07, 6.45) is 2.77. The Morgan fingerprint density at radius 2 is 1.57 bits per heavy atom. The minimum atomic E-state index is -0.504. The molecule has 0 unspecified atom stereocenters. The summed E-state index contributed by atoms with van der Waals surface area (Å²) in [6, 6.07) is 16.8. The van der Waals surface area contributed by atoms with E-state index in [4.69, 9.17) is 0 Å². The van der Waals surface area contributed by atoms with Gasteiger partial charge >= 0.3 is 6.03 Å². The molecule has 2 fully saturated rings. The lowest BCUT2D eigenvalue weighted by Crippen LogP contribution is -2.50. The highest BCUT2D eigenvalue weighted by molar-refractivity contribution is 6.02. The Bertz CT molecular complexity index is 1390. The quantitative estimate of drug-likeness (QED) is 0.389. The lowest BCUT2D eigenvalue weighted by molar-refractivity contribution is -0.122. The number of hydrogen-bond donors (Lipinski definition) is 3. The second-order valence-corrected chi connectivity index (χ2v) is 10.0. The Morgan fingerprint density at radius 1 is 0.850 bits per heavy atom. The van der Waals surface area contributed by atoms with Crippen molar-refractivity contribution in [3.05, 3.63) is 89.5 Å². The normalized spacial score (nSPS) is 15.2. The lowest BCUT2D eigenvalue weighted by atomic mass is 9.85. The highest BCUT2D eigenvalue weighted by atomic mass is 19.1. The number of benzene rings is 3. The van der Waals surface area contributed by atoms with Crippen LogP contribution in [-0.4, -0.2) is 48.9 Å². The summed E-state index contributed by atoms with van der Waals surface area (Å²) in [4.78, 5) is 42.2. The third-order valence-corrected chi connectivity index (χ3v) is 7.37. The number of halogens is 2. The number of carbonyl (C=O) groups is 3. The molecule has 0 spiro atoms. The molecule has 1 saturated carbocycles. The molecule has 1 saturated heterocycles. The molecular weight excluding hydrogens is 516 g/mol. The van der Waals surface area contributed by atoms with Crippen molar-refractivity contribution in [3.8, 4) is 0 Å². The van der Waals surface area contributed by atoms with Crippen molar-refractivity contribution in [2.75, 3.05) is 41.7 Å². The van der Waals surface area contributed by atoms with Crippen molar-refractivity contribution in [2.24, 2.45) is 5.92 Å². The number of nitrogens with zero attached hydrogens (tertiary/aromatic N) is 2. The number of carbonyl (C=O) groups excluding carboxylic acids is 3. The molecule has 0 radical (unpaired) electrons. The summed E-state index contributed by atoms with van der Waals surface area (Å²) in [5.74, 6) is -1.24. The van der Waals surface area contributed by atoms with E-state index in [-0.39, 0.29) is 35.8 Å². The molecule has 1 aliphatic heterocycles. The van der Waals surface area contributed by atoms with Crippen LogP contribution in [0.15, 0.2) is 66.7 Å². The molecule has 208 valence electrons. The zero-order valence-electron chi connectivity index (χ0n) is 22.0. The van der Waals surface area contributed by atoms with Crippen molar-refractivity contribution in [3.63, 3.8) is 0 Å². The first-order chi connectivity index (χ1) is 19.4. The van der Waals surface area contributed by atoms with E-state index < -0.39 is 11.8 Å². The van der Waals surface area contributed by atoms with Gasteiger partial charge in [0.1, 0.15) is 11.6 Å². The van der Waals surface area contributed by atoms with E-state index in [2.05, 4.69) is 16.0 Å². The number of nitrogens with one attached hydrogen (secondary N) is 3. The minimum absolute atomic E-state index is 0.000913. The van der Waals surface area contributed by atoms with Crippen molar-refractivity contribution in [2.45, 2.75) is 25.8 Å². The van der Waals surface area contributed by atoms with Crippen LogP contribution < -0.4 is 20.9 Å². The number of urea groups is 1. The first-order valence-electron chi connectivity index (χ1n) is 13.4. The third-order valence-electron chi connectivity index (χ3n) is 7.37. The van der Waals surface area contributed by atoms with Gasteiger partial charge < -0.3 is 25.8 Å². The molecule has 1 aliphatic carbocycles. The molecule has 40 heavy (non-hydrogen) atoms. The second kappa shape index (κ2) is 12.1. The molecule has 10 heteroatoms. The van der Waals surface area contributed by atoms with Crippen LogP contribution in [0.3, 0.4) is 0 Å². The monoisotopic (exact) mass is 547 g/mol. The van der Waals surface area contributed by atoms with Crippen LogP contribution in [0.1, 0.15) is 35.2 Å². The van der Waals surface area contributed by atoms with Gasteiger partial charge in [-0.05, 0) is 60.9 Å². The van der Waals surface area contributed by atoms with E-state index in [9.17, 15) is 23.2 Å². The highest BCUT2D eigenvalue weighted by Crippen LogP contribution is 2.30. The van der Waals surface area contributed by atoms with Crippen molar-refractivity contribution in [1.29, 1.82) is 0 Å². The van der Waals surface area contributed by atoms with Gasteiger partial charge in [0.05, 0.1) is 11.3 Å². The molecular formula is C30H31F2N5O3. The molecule has 5 rings (SSSR count). The van der Waals surface area contributed by atoms with E-state index in [0.29, 0.717) is 43.1 Å². The second-order valence-electron chi connectivity index (χ2n) is 10.0. The maximum atomic E-state index is 14.0. The predicted molar refractivity (Wildman–Crippen MR) is 149 cm³/mol. The molecule has 8 nitrogen and oxygen atoms in total. The zero-order chi connectivity index (χ0) is 28.1. The summed E-state index contributed by atoms with van der Waals surface area (Å²) in [7, 11) is 0. The molecule has 3 aromatic carbocycles. The van der Waals surface area contributed by atoms with Crippen LogP contribution in [0, 0.1) is 17.6 Å². The lowest BCUT2D eigenvalue weighted by Gasteiger charge is -2.37. The minimum Gasteiger partial charge on any atom is -0.367 e. The number of rotatable bonds is 7. The number of para-hydroxylation sites is 1. The van der Waals surface area contributed by atoms with Crippen molar-refractivity contribution in [1.82, 2.24) is 10.2 Å². The molecule has 4 amide bonds. The van der Waals surface area contributed by atoms with Crippen LogP contribution >= 0.6 is 0 Å². The average molecular weight is 548 g/mol. The van der Waals surface area contributed by atoms with Crippen molar-refractivity contribution >= 4 is 34.9 Å². The Labute approximate surface area is 231 Å². The van der Waals surface area contributed by atoms with Crippen LogP contribution in [0.2, 0.25) is 0 Å². The Kier molecular flexibility index (Phi) is 8.23. The zero-order valence-corrected chi connectivity index (χ0v) is 22.0. The maximum absolute atomic E-state index is 14.0. The number of amides is 4. The van der Waals surface area contributed by atoms with E-state index in [1.165, 1.54) is 24.3 Å². The standard InChI is InChI=1S/C30H31F2N5O3/c31-22-10-8-20(9-11-22)19-33-29(39)24-18-23(34-28(38)21-4-3-5-21)12-13-27(24)36-14-16-37(17-15-36)30(40)35-26-7-2-1-6-25(26)32/h1-2,6-13,18,21H,3-5,14-17,19H2,(H,33,39)(H,34,38)(H,35,40). The summed E-state index contributed by atoms with van der Waals surface area (Å²) >= 11 is 0. The average Bonchev–Trinajstić information content (AvgIpc) is 2.93. The van der Waals surface area contributed by atoms with E-state index in [1.807, 2.05) is 4.90 Å². The van der Waals surface area contributed by atoms with Crippen molar-refractivity contribution < 1.29 is 23.2 Å². The first-order valence-corrected chi connectivity index (χ1v) is 13.4. The van der Waals surface area contributed by atoms with Gasteiger partial charge in [-0.3, -0.25) is 9.59 Å². The topological polar surface area (TPSA) is 93.8 Å². The van der Waals surface area contributed by atoms with E-state index in [0.717, 1.165) is 24.8 Å². The summed E-state index contributed by atoms with van der Waals surface area (Å²) in [5.41, 5.74) is 2.47. The van der Waals surface area contributed by atoms with Gasteiger partial charge in [-0.25, -0.2) is 13.6 Å². The van der Waals surface area contributed by atoms with Gasteiger partial charge in [-0.1, -0.05) is 30.7 Å². The Hall–Kier alpha value is -4.47. The fourth-order valence-electron chi connectivity index (χ4n) is 4.77. The number of anilines is 3. The molecule has 1 heterocycles. The van der Waals surface area contributed by atoms with Gasteiger partial charge in [0.2, 0.25) is 5.91 Å².